The van der Waals surface area contributed by atoms with E-state index in [1.165, 1.54) is 0 Å². The van der Waals surface area contributed by atoms with Crippen molar-refractivity contribution in [3.05, 3.63) is 23.6 Å². The van der Waals surface area contributed by atoms with Gasteiger partial charge < -0.3 is 4.79 Å². The van der Waals surface area contributed by atoms with Crippen LogP contribution in [0.1, 0.15) is 0 Å². The van der Waals surface area contributed by atoms with E-state index in [1.54, 1.807) is 0 Å². The third-order valence-electron chi connectivity index (χ3n) is 1.85. The summed E-state index contributed by atoms with van der Waals surface area (Å²) >= 11 is 0. The number of nitriles is 1. The Labute approximate surface area is 76.1 Å². The van der Waals surface area contributed by atoms with Gasteiger partial charge in [0, 0.05) is 6.08 Å². The van der Waals surface area contributed by atoms with Crippen LogP contribution in [0.3, 0.4) is 0 Å². The summed E-state index contributed by atoms with van der Waals surface area (Å²) < 4.78 is 51.1. The van der Waals surface area contributed by atoms with Gasteiger partial charge in [0.2, 0.25) is 5.41 Å². The van der Waals surface area contributed by atoms with Crippen LogP contribution in [0.2, 0.25) is 0 Å². The SMILES string of the molecule is N#CC1(C=O)C(F)=C(F)C=C(F)C1F. The minimum Gasteiger partial charge on any atom is -0.301 e. The summed E-state index contributed by atoms with van der Waals surface area (Å²) in [5, 5.41) is 8.36. The van der Waals surface area contributed by atoms with Gasteiger partial charge in [0.05, 0.1) is 6.07 Å². The first kappa shape index (κ1) is 10.4. The second-order valence-electron chi connectivity index (χ2n) is 2.65. The standard InChI is InChI=1S/C8H3F4NO/c9-4-1-5(10)7(12)8(2-13,3-14)6(4)11/h1,3,6H. The lowest BCUT2D eigenvalue weighted by Gasteiger charge is -2.24. The van der Waals surface area contributed by atoms with Crippen molar-refractivity contribution in [1.82, 2.24) is 0 Å². The minimum absolute atomic E-state index is 0.0287. The van der Waals surface area contributed by atoms with E-state index in [2.05, 4.69) is 0 Å². The third-order valence-corrected chi connectivity index (χ3v) is 1.85. The number of halogens is 4. The maximum atomic E-state index is 13.0. The number of hydrogen-bond donors (Lipinski definition) is 0. The van der Waals surface area contributed by atoms with Crippen LogP contribution < -0.4 is 0 Å². The van der Waals surface area contributed by atoms with E-state index >= 15 is 0 Å². The van der Waals surface area contributed by atoms with Gasteiger partial charge in [-0.2, -0.15) is 5.26 Å². The molecule has 0 saturated carbocycles. The normalized spacial score (nSPS) is 32.2. The van der Waals surface area contributed by atoms with Crippen molar-refractivity contribution in [1.29, 1.82) is 5.26 Å². The lowest BCUT2D eigenvalue weighted by atomic mass is 9.81. The zero-order chi connectivity index (χ0) is 10.9. The molecule has 2 atom stereocenters. The molecule has 0 N–H and O–H groups in total. The quantitative estimate of drug-likeness (QED) is 0.485. The largest absolute Gasteiger partial charge is 0.301 e. The van der Waals surface area contributed by atoms with Gasteiger partial charge in [0.25, 0.3) is 0 Å². The molecule has 1 aliphatic rings. The van der Waals surface area contributed by atoms with Crippen molar-refractivity contribution in [3.63, 3.8) is 0 Å². The number of hydrogen-bond acceptors (Lipinski definition) is 2. The maximum Gasteiger partial charge on any atom is 0.204 e. The Hall–Kier alpha value is -1.64. The number of aldehydes is 1. The Kier molecular flexibility index (Phi) is 2.43. The molecular weight excluding hydrogens is 202 g/mol. The Bertz CT molecular complexity index is 381. The second kappa shape index (κ2) is 3.25. The van der Waals surface area contributed by atoms with E-state index in [9.17, 15) is 22.4 Å². The first-order chi connectivity index (χ1) is 6.49. The molecule has 0 spiro atoms. The third kappa shape index (κ3) is 1.13. The van der Waals surface area contributed by atoms with Crippen molar-refractivity contribution in [2.75, 3.05) is 0 Å². The molecule has 0 saturated heterocycles. The fourth-order valence-electron chi connectivity index (χ4n) is 1.03. The van der Waals surface area contributed by atoms with Gasteiger partial charge >= 0.3 is 0 Å². The highest BCUT2D eigenvalue weighted by atomic mass is 19.2. The van der Waals surface area contributed by atoms with Crippen LogP contribution in [0, 0.1) is 16.7 Å². The first-order valence-electron chi connectivity index (χ1n) is 3.44. The highest BCUT2D eigenvalue weighted by molar-refractivity contribution is 5.72. The fourth-order valence-corrected chi connectivity index (χ4v) is 1.03. The predicted octanol–water partition coefficient (Wildman–Crippen LogP) is 2.05. The average Bonchev–Trinajstić information content (AvgIpc) is 2.18. The molecule has 0 aromatic carbocycles. The smallest absolute Gasteiger partial charge is 0.204 e. The highest BCUT2D eigenvalue weighted by Crippen LogP contribution is 2.42. The number of carbonyl (C=O) groups excluding carboxylic acids is 1. The number of alkyl halides is 1. The molecule has 1 aliphatic carbocycles. The van der Waals surface area contributed by atoms with Gasteiger partial charge in [0.1, 0.15) is 5.83 Å². The van der Waals surface area contributed by atoms with E-state index in [0.29, 0.717) is 0 Å². The van der Waals surface area contributed by atoms with Crippen LogP contribution >= 0.6 is 0 Å². The molecule has 0 bridgehead atoms. The molecule has 0 radical (unpaired) electrons. The summed E-state index contributed by atoms with van der Waals surface area (Å²) in [7, 11) is 0. The molecule has 74 valence electrons. The Balaban J connectivity index is 3.42. The summed E-state index contributed by atoms with van der Waals surface area (Å²) in [6, 6.07) is 0.931. The molecule has 0 heterocycles. The molecule has 6 heteroatoms. The average molecular weight is 205 g/mol. The van der Waals surface area contributed by atoms with Crippen LogP contribution in [-0.4, -0.2) is 12.5 Å². The molecule has 0 aromatic heterocycles. The molecule has 1 rings (SSSR count). The fraction of sp³-hybridized carbons (Fsp3) is 0.250. The van der Waals surface area contributed by atoms with Crippen molar-refractivity contribution < 1.29 is 22.4 Å². The summed E-state index contributed by atoms with van der Waals surface area (Å²) in [6.07, 6.45) is -3.28. The van der Waals surface area contributed by atoms with Crippen molar-refractivity contribution in [2.45, 2.75) is 6.17 Å². The van der Waals surface area contributed by atoms with E-state index in [4.69, 9.17) is 5.26 Å². The minimum atomic E-state index is -3.02. The van der Waals surface area contributed by atoms with Crippen molar-refractivity contribution in [3.8, 4) is 6.07 Å². The zero-order valence-corrected chi connectivity index (χ0v) is 6.60. The van der Waals surface area contributed by atoms with Crippen LogP contribution in [-0.2, 0) is 4.79 Å². The maximum absolute atomic E-state index is 13.0. The van der Waals surface area contributed by atoms with E-state index in [1.807, 2.05) is 0 Å². The lowest BCUT2D eigenvalue weighted by molar-refractivity contribution is -0.115. The van der Waals surface area contributed by atoms with Gasteiger partial charge in [0.15, 0.2) is 24.1 Å². The lowest BCUT2D eigenvalue weighted by Crippen LogP contribution is -2.36. The topological polar surface area (TPSA) is 40.9 Å². The molecule has 2 unspecified atom stereocenters. The molecule has 14 heavy (non-hydrogen) atoms. The first-order valence-corrected chi connectivity index (χ1v) is 3.44. The Morgan fingerprint density at radius 3 is 2.50 bits per heavy atom. The van der Waals surface area contributed by atoms with Gasteiger partial charge in [-0.15, -0.1) is 0 Å². The van der Waals surface area contributed by atoms with Crippen LogP contribution in [0.25, 0.3) is 0 Å². The molecule has 0 fully saturated rings. The van der Waals surface area contributed by atoms with Crippen molar-refractivity contribution in [2.24, 2.45) is 5.41 Å². The molecule has 2 nitrogen and oxygen atoms in total. The van der Waals surface area contributed by atoms with Gasteiger partial charge in [-0.05, 0) is 0 Å². The summed E-state index contributed by atoms with van der Waals surface area (Å²) in [6.45, 7) is 0. The monoisotopic (exact) mass is 205 g/mol. The summed E-state index contributed by atoms with van der Waals surface area (Å²) in [4.78, 5) is 10.3. The molecule has 0 aliphatic heterocycles. The Morgan fingerprint density at radius 2 is 2.07 bits per heavy atom. The van der Waals surface area contributed by atoms with E-state index in [-0.39, 0.29) is 6.08 Å². The molecular formula is C8H3F4NO. The van der Waals surface area contributed by atoms with Crippen molar-refractivity contribution >= 4 is 6.29 Å². The number of allylic oxidation sites excluding steroid dienone is 4. The molecule has 0 aromatic rings. The Morgan fingerprint density at radius 1 is 1.50 bits per heavy atom. The second-order valence-corrected chi connectivity index (χ2v) is 2.65. The van der Waals surface area contributed by atoms with Crippen LogP contribution in [0.5, 0.6) is 0 Å². The van der Waals surface area contributed by atoms with Gasteiger partial charge in [-0.1, -0.05) is 0 Å². The van der Waals surface area contributed by atoms with Crippen LogP contribution in [0.15, 0.2) is 23.6 Å². The number of carbonyl (C=O) groups is 1. The van der Waals surface area contributed by atoms with E-state index in [0.717, 1.165) is 6.07 Å². The number of nitrogens with zero attached hydrogens (tertiary/aromatic N) is 1. The van der Waals surface area contributed by atoms with E-state index < -0.39 is 35.4 Å². The predicted molar refractivity (Wildman–Crippen MR) is 37.4 cm³/mol. The molecule has 0 amide bonds. The summed E-state index contributed by atoms with van der Waals surface area (Å²) in [5.41, 5.74) is -3.02. The van der Waals surface area contributed by atoms with Gasteiger partial charge in [-0.3, -0.25) is 0 Å². The summed E-state index contributed by atoms with van der Waals surface area (Å²) in [5.74, 6) is -5.33. The van der Waals surface area contributed by atoms with Crippen LogP contribution in [0.4, 0.5) is 17.6 Å². The number of rotatable bonds is 1. The highest BCUT2D eigenvalue weighted by Gasteiger charge is 2.51. The zero-order valence-electron chi connectivity index (χ0n) is 6.60. The van der Waals surface area contributed by atoms with Gasteiger partial charge in [-0.25, -0.2) is 17.6 Å².